The number of nitrogens with zero attached hydrogens (tertiary/aromatic N) is 2. The third kappa shape index (κ3) is 2.59. The molecule has 1 atom stereocenters. The van der Waals surface area contributed by atoms with Gasteiger partial charge in [-0.25, -0.2) is 0 Å². The monoisotopic (exact) mass is 255 g/mol. The van der Waals surface area contributed by atoms with E-state index in [0.717, 1.165) is 11.8 Å². The average molecular weight is 256 g/mol. The molecule has 1 fully saturated rings. The predicted molar refractivity (Wildman–Crippen MR) is 60.9 cm³/mol. The van der Waals surface area contributed by atoms with Crippen molar-refractivity contribution in [3.8, 4) is 0 Å². The molecule has 7 heteroatoms. The number of imide groups is 1. The van der Waals surface area contributed by atoms with E-state index in [1.807, 2.05) is 0 Å². The van der Waals surface area contributed by atoms with Gasteiger partial charge in [0.1, 0.15) is 0 Å². The maximum absolute atomic E-state index is 11.1. The summed E-state index contributed by atoms with van der Waals surface area (Å²) in [5.74, 6) is -0.437. The Morgan fingerprint density at radius 1 is 1.25 bits per heavy atom. The van der Waals surface area contributed by atoms with Crippen molar-refractivity contribution in [2.24, 2.45) is 10.2 Å². The molecule has 16 heavy (non-hydrogen) atoms. The third-order valence-corrected chi connectivity index (χ3v) is 2.87. The third-order valence-electron chi connectivity index (χ3n) is 1.77. The van der Waals surface area contributed by atoms with E-state index < -0.39 is 16.5 Å². The number of nitrogens with one attached hydrogen (secondary N) is 1. The van der Waals surface area contributed by atoms with Gasteiger partial charge in [-0.3, -0.25) is 14.9 Å². The summed E-state index contributed by atoms with van der Waals surface area (Å²) in [4.78, 5) is 22.0. The summed E-state index contributed by atoms with van der Waals surface area (Å²) in [6.45, 7) is 0. The normalized spacial score (nSPS) is 20.4. The highest BCUT2D eigenvalue weighted by Gasteiger charge is 2.31. The lowest BCUT2D eigenvalue weighted by atomic mass is 10.3. The molecule has 1 aromatic carbocycles. The van der Waals surface area contributed by atoms with Crippen molar-refractivity contribution in [2.45, 2.75) is 5.37 Å². The predicted octanol–water partition coefficient (Wildman–Crippen LogP) is 2.73. The molecule has 0 spiro atoms. The minimum atomic E-state index is -0.789. The molecular weight excluding hydrogens is 250 g/mol. The molecule has 0 aliphatic carbocycles. The van der Waals surface area contributed by atoms with Crippen molar-refractivity contribution in [1.29, 1.82) is 0 Å². The van der Waals surface area contributed by atoms with Crippen LogP contribution >= 0.6 is 23.4 Å². The van der Waals surface area contributed by atoms with Gasteiger partial charge in [-0.1, -0.05) is 11.6 Å². The first-order valence-corrected chi connectivity index (χ1v) is 5.59. The van der Waals surface area contributed by atoms with E-state index in [-0.39, 0.29) is 0 Å². The molecular formula is C9H6ClN3O2S. The first-order chi connectivity index (χ1) is 7.65. The summed E-state index contributed by atoms with van der Waals surface area (Å²) < 4.78 is 0. The van der Waals surface area contributed by atoms with Crippen molar-refractivity contribution in [3.63, 3.8) is 0 Å². The summed E-state index contributed by atoms with van der Waals surface area (Å²) in [5.41, 5.74) is 0.581. The van der Waals surface area contributed by atoms with Crippen LogP contribution in [0.1, 0.15) is 0 Å². The molecule has 2 amide bonds. The van der Waals surface area contributed by atoms with Crippen LogP contribution in [0.15, 0.2) is 34.5 Å². The SMILES string of the molecule is O=C1NC(=O)C(N=Nc2ccc(Cl)cc2)S1. The van der Waals surface area contributed by atoms with Crippen LogP contribution in [0.5, 0.6) is 0 Å². The van der Waals surface area contributed by atoms with E-state index in [9.17, 15) is 9.59 Å². The van der Waals surface area contributed by atoms with Crippen molar-refractivity contribution in [3.05, 3.63) is 29.3 Å². The molecule has 1 aliphatic rings. The number of amides is 2. The molecule has 1 heterocycles. The van der Waals surface area contributed by atoms with Gasteiger partial charge >= 0.3 is 0 Å². The first-order valence-electron chi connectivity index (χ1n) is 4.33. The van der Waals surface area contributed by atoms with Crippen molar-refractivity contribution in [2.75, 3.05) is 0 Å². The van der Waals surface area contributed by atoms with Crippen molar-refractivity contribution in [1.82, 2.24) is 5.32 Å². The van der Waals surface area contributed by atoms with E-state index in [1.54, 1.807) is 24.3 Å². The first kappa shape index (κ1) is 11.1. The number of azo groups is 1. The molecule has 1 saturated heterocycles. The Labute approximate surface area is 100 Å². The van der Waals surface area contributed by atoms with Crippen LogP contribution in [0, 0.1) is 0 Å². The molecule has 1 aromatic rings. The van der Waals surface area contributed by atoms with Crippen LogP contribution in [0.4, 0.5) is 10.5 Å². The molecule has 2 rings (SSSR count). The highest BCUT2D eigenvalue weighted by molar-refractivity contribution is 8.15. The van der Waals surface area contributed by atoms with E-state index in [2.05, 4.69) is 15.5 Å². The maximum Gasteiger partial charge on any atom is 0.288 e. The fourth-order valence-corrected chi connectivity index (χ4v) is 1.80. The van der Waals surface area contributed by atoms with Crippen LogP contribution < -0.4 is 5.32 Å². The smallest absolute Gasteiger partial charge is 0.284 e. The number of rotatable bonds is 2. The summed E-state index contributed by atoms with van der Waals surface area (Å²) in [6, 6.07) is 6.68. The number of hydrogen-bond donors (Lipinski definition) is 1. The summed E-state index contributed by atoms with van der Waals surface area (Å²) >= 11 is 6.51. The van der Waals surface area contributed by atoms with Gasteiger partial charge in [-0.15, -0.1) is 0 Å². The molecule has 1 N–H and O–H groups in total. The second kappa shape index (κ2) is 4.63. The highest BCUT2D eigenvalue weighted by Crippen LogP contribution is 2.23. The van der Waals surface area contributed by atoms with Crippen LogP contribution in [-0.4, -0.2) is 16.5 Å². The second-order valence-electron chi connectivity index (χ2n) is 2.94. The maximum atomic E-state index is 11.1. The Hall–Kier alpha value is -1.40. The van der Waals surface area contributed by atoms with E-state index in [0.29, 0.717) is 10.7 Å². The van der Waals surface area contributed by atoms with Gasteiger partial charge in [0, 0.05) is 5.02 Å². The zero-order valence-corrected chi connectivity index (χ0v) is 9.46. The van der Waals surface area contributed by atoms with Gasteiger partial charge in [-0.2, -0.15) is 10.2 Å². The van der Waals surface area contributed by atoms with E-state index in [4.69, 9.17) is 11.6 Å². The summed E-state index contributed by atoms with van der Waals surface area (Å²) in [7, 11) is 0. The quantitative estimate of drug-likeness (QED) is 0.826. The topological polar surface area (TPSA) is 70.9 Å². The number of carbonyl (C=O) groups is 2. The van der Waals surface area contributed by atoms with E-state index >= 15 is 0 Å². The van der Waals surface area contributed by atoms with Crippen molar-refractivity contribution < 1.29 is 9.59 Å². The molecule has 0 saturated carbocycles. The van der Waals surface area contributed by atoms with Gasteiger partial charge in [0.05, 0.1) is 5.69 Å². The van der Waals surface area contributed by atoms with Crippen LogP contribution in [0.25, 0.3) is 0 Å². The van der Waals surface area contributed by atoms with E-state index in [1.165, 1.54) is 0 Å². The lowest BCUT2D eigenvalue weighted by molar-refractivity contribution is -0.118. The van der Waals surface area contributed by atoms with Gasteiger partial charge < -0.3 is 0 Å². The van der Waals surface area contributed by atoms with Crippen LogP contribution in [0.3, 0.4) is 0 Å². The Morgan fingerprint density at radius 3 is 2.50 bits per heavy atom. The molecule has 0 radical (unpaired) electrons. The summed E-state index contributed by atoms with van der Waals surface area (Å²) in [5, 5.41) is 9.15. The van der Waals surface area contributed by atoms with Gasteiger partial charge in [0.2, 0.25) is 5.37 Å². The van der Waals surface area contributed by atoms with Crippen molar-refractivity contribution >= 4 is 40.2 Å². The van der Waals surface area contributed by atoms with Gasteiger partial charge in [0.25, 0.3) is 11.1 Å². The largest absolute Gasteiger partial charge is 0.288 e. The molecule has 0 aromatic heterocycles. The Kier molecular flexibility index (Phi) is 3.21. The molecule has 1 unspecified atom stereocenters. The fourth-order valence-electron chi connectivity index (χ4n) is 1.05. The molecule has 1 aliphatic heterocycles. The van der Waals surface area contributed by atoms with Gasteiger partial charge in [-0.05, 0) is 36.0 Å². The minimum absolute atomic E-state index is 0.398. The lowest BCUT2D eigenvalue weighted by Gasteiger charge is -1.95. The zero-order chi connectivity index (χ0) is 11.5. The average Bonchev–Trinajstić information content (AvgIpc) is 2.57. The molecule has 0 bridgehead atoms. The summed E-state index contributed by atoms with van der Waals surface area (Å²) in [6.07, 6.45) is 0. The number of carbonyl (C=O) groups excluding carboxylic acids is 2. The standard InChI is InChI=1S/C9H6ClN3O2S/c10-5-1-3-6(4-2-5)12-13-8-7(14)11-9(15)16-8/h1-4,8H,(H,11,14,15). The fraction of sp³-hybridized carbons (Fsp3) is 0.111. The number of hydrogen-bond acceptors (Lipinski definition) is 5. The highest BCUT2D eigenvalue weighted by atomic mass is 35.5. The van der Waals surface area contributed by atoms with Gasteiger partial charge in [0.15, 0.2) is 0 Å². The number of benzene rings is 1. The Bertz CT molecular complexity index is 460. The second-order valence-corrected chi connectivity index (χ2v) is 4.43. The zero-order valence-electron chi connectivity index (χ0n) is 7.88. The van der Waals surface area contributed by atoms with Crippen LogP contribution in [-0.2, 0) is 4.79 Å². The number of thioether (sulfide) groups is 1. The Balaban J connectivity index is 2.07. The Morgan fingerprint density at radius 2 is 1.94 bits per heavy atom. The lowest BCUT2D eigenvalue weighted by Crippen LogP contribution is -2.22. The molecule has 5 nitrogen and oxygen atoms in total. The minimum Gasteiger partial charge on any atom is -0.284 e. The molecule has 82 valence electrons. The number of halogens is 1. The van der Waals surface area contributed by atoms with Crippen LogP contribution in [0.2, 0.25) is 5.02 Å².